The number of nitrogens with zero attached hydrogens (tertiary/aromatic N) is 4. The van der Waals surface area contributed by atoms with Crippen molar-refractivity contribution in [2.24, 2.45) is 0 Å². The summed E-state index contributed by atoms with van der Waals surface area (Å²) in [6.45, 7) is 0. The van der Waals surface area contributed by atoms with Gasteiger partial charge in [0.1, 0.15) is 0 Å². The van der Waals surface area contributed by atoms with Crippen LogP contribution in [0.1, 0.15) is 0 Å². The predicted molar refractivity (Wildman–Crippen MR) is 189 cm³/mol. The molecule has 7 aromatic carbocycles. The van der Waals surface area contributed by atoms with Crippen LogP contribution in [0.2, 0.25) is 0 Å². The average molecular weight is 587 g/mol. The van der Waals surface area contributed by atoms with E-state index in [-0.39, 0.29) is 0 Å². The highest BCUT2D eigenvalue weighted by molar-refractivity contribution is 6.25. The quantitative estimate of drug-likeness (QED) is 0.193. The van der Waals surface area contributed by atoms with Crippen molar-refractivity contribution in [2.75, 3.05) is 0 Å². The zero-order valence-corrected chi connectivity index (χ0v) is 24.8. The zero-order chi connectivity index (χ0) is 30.5. The number of pyridine rings is 1. The van der Waals surface area contributed by atoms with Crippen molar-refractivity contribution in [2.45, 2.75) is 0 Å². The lowest BCUT2D eigenvalue weighted by Crippen LogP contribution is -2.00. The molecule has 0 aliphatic heterocycles. The maximum absolute atomic E-state index is 5.07. The minimum atomic E-state index is 0.634. The summed E-state index contributed by atoms with van der Waals surface area (Å²) in [5.74, 6) is 1.92. The van der Waals surface area contributed by atoms with Gasteiger partial charge >= 0.3 is 0 Å². The first kappa shape index (κ1) is 26.2. The van der Waals surface area contributed by atoms with E-state index in [4.69, 9.17) is 15.0 Å². The molecule has 0 saturated heterocycles. The van der Waals surface area contributed by atoms with E-state index in [1.165, 1.54) is 37.7 Å². The van der Waals surface area contributed by atoms with Gasteiger partial charge in [-0.15, -0.1) is 0 Å². The van der Waals surface area contributed by atoms with E-state index in [0.717, 1.165) is 33.2 Å². The highest BCUT2D eigenvalue weighted by Crippen LogP contribution is 2.37. The summed E-state index contributed by atoms with van der Waals surface area (Å²) in [4.78, 5) is 19.5. The van der Waals surface area contributed by atoms with E-state index in [0.29, 0.717) is 17.5 Å². The van der Waals surface area contributed by atoms with Crippen LogP contribution in [-0.4, -0.2) is 19.9 Å². The highest BCUT2D eigenvalue weighted by atomic mass is 15.0. The van der Waals surface area contributed by atoms with Crippen molar-refractivity contribution in [3.63, 3.8) is 0 Å². The van der Waals surface area contributed by atoms with Gasteiger partial charge in [0.15, 0.2) is 17.5 Å². The van der Waals surface area contributed by atoms with Crippen molar-refractivity contribution < 1.29 is 0 Å². The number of fused-ring (bicyclic) bond motifs is 7. The molecule has 214 valence electrons. The fraction of sp³-hybridized carbons (Fsp3) is 0. The Kier molecular flexibility index (Phi) is 6.10. The van der Waals surface area contributed by atoms with Crippen LogP contribution in [0, 0.1) is 0 Å². The van der Waals surface area contributed by atoms with Crippen molar-refractivity contribution in [1.29, 1.82) is 0 Å². The standard InChI is InChI=1S/C42H26N4/c1-2-10-28(11-3-1)40-44-41(29-20-18-27(19-21-29)39-26-43-25-31-12-4-5-13-32(31)39)46-42(45-40)30-22-23-37-35-16-7-6-14-33(35)34-15-8-9-17-36(34)38(37)24-30/h1-26H. The van der Waals surface area contributed by atoms with E-state index in [1.54, 1.807) is 0 Å². The molecule has 9 rings (SSSR count). The molecular formula is C42H26N4. The summed E-state index contributed by atoms with van der Waals surface area (Å²) in [6, 6.07) is 50.7. The number of hydrogen-bond donors (Lipinski definition) is 0. The van der Waals surface area contributed by atoms with Gasteiger partial charge in [0.2, 0.25) is 0 Å². The summed E-state index contributed by atoms with van der Waals surface area (Å²) in [5.41, 5.74) is 5.02. The van der Waals surface area contributed by atoms with Gasteiger partial charge in [-0.1, -0.05) is 140 Å². The van der Waals surface area contributed by atoms with Crippen molar-refractivity contribution in [3.8, 4) is 45.3 Å². The molecule has 0 bridgehead atoms. The largest absolute Gasteiger partial charge is 0.263 e. The third-order valence-corrected chi connectivity index (χ3v) is 8.79. The van der Waals surface area contributed by atoms with E-state index in [1.807, 2.05) is 48.8 Å². The molecule has 0 spiro atoms. The van der Waals surface area contributed by atoms with Crippen molar-refractivity contribution >= 4 is 43.1 Å². The number of hydrogen-bond acceptors (Lipinski definition) is 4. The van der Waals surface area contributed by atoms with Crippen molar-refractivity contribution in [1.82, 2.24) is 19.9 Å². The van der Waals surface area contributed by atoms with E-state index in [2.05, 4.69) is 114 Å². The molecule has 0 saturated carbocycles. The molecule has 0 atom stereocenters. The zero-order valence-electron chi connectivity index (χ0n) is 24.8. The maximum Gasteiger partial charge on any atom is 0.164 e. The SMILES string of the molecule is c1ccc(-c2nc(-c3ccc(-c4cncc5ccccc45)cc3)nc(-c3ccc4c5ccccc5c5ccccc5c4c3)n2)cc1. The first-order valence-electron chi connectivity index (χ1n) is 15.4. The van der Waals surface area contributed by atoms with Gasteiger partial charge < -0.3 is 0 Å². The Balaban J connectivity index is 1.21. The van der Waals surface area contributed by atoms with Crippen LogP contribution in [0.4, 0.5) is 0 Å². The minimum Gasteiger partial charge on any atom is -0.263 e. The predicted octanol–water partition coefficient (Wildman–Crippen LogP) is 10.5. The van der Waals surface area contributed by atoms with Crippen LogP contribution in [0.3, 0.4) is 0 Å². The lowest BCUT2D eigenvalue weighted by molar-refractivity contribution is 1.07. The molecule has 9 aromatic rings. The van der Waals surface area contributed by atoms with Crippen LogP contribution in [0.15, 0.2) is 158 Å². The van der Waals surface area contributed by atoms with Gasteiger partial charge in [0.25, 0.3) is 0 Å². The van der Waals surface area contributed by atoms with Crippen LogP contribution in [0.5, 0.6) is 0 Å². The topological polar surface area (TPSA) is 51.6 Å². The summed E-state index contributed by atoms with van der Waals surface area (Å²) < 4.78 is 0. The first-order valence-corrected chi connectivity index (χ1v) is 15.4. The summed E-state index contributed by atoms with van der Waals surface area (Å²) >= 11 is 0. The third kappa shape index (κ3) is 4.39. The Hall–Kier alpha value is -6.26. The Morgan fingerprint density at radius 2 is 0.761 bits per heavy atom. The van der Waals surface area contributed by atoms with Crippen molar-refractivity contribution in [3.05, 3.63) is 158 Å². The van der Waals surface area contributed by atoms with Crippen LogP contribution < -0.4 is 0 Å². The molecule has 0 radical (unpaired) electrons. The molecule has 46 heavy (non-hydrogen) atoms. The number of benzene rings is 7. The lowest BCUT2D eigenvalue weighted by Gasteiger charge is -2.13. The van der Waals surface area contributed by atoms with Crippen LogP contribution in [-0.2, 0) is 0 Å². The Bertz CT molecular complexity index is 2530. The molecule has 0 N–H and O–H groups in total. The molecule has 0 unspecified atom stereocenters. The maximum atomic E-state index is 5.07. The van der Waals surface area contributed by atoms with Crippen LogP contribution in [0.25, 0.3) is 88.4 Å². The molecule has 0 amide bonds. The fourth-order valence-electron chi connectivity index (χ4n) is 6.54. The van der Waals surface area contributed by atoms with E-state index < -0.39 is 0 Å². The monoisotopic (exact) mass is 586 g/mol. The average Bonchev–Trinajstić information content (AvgIpc) is 3.15. The molecule has 4 heteroatoms. The van der Waals surface area contributed by atoms with Gasteiger partial charge in [0, 0.05) is 40.0 Å². The molecule has 0 aliphatic carbocycles. The Labute approximate surface area is 265 Å². The molecule has 2 aromatic heterocycles. The van der Waals surface area contributed by atoms with E-state index in [9.17, 15) is 0 Å². The van der Waals surface area contributed by atoms with E-state index >= 15 is 0 Å². The Morgan fingerprint density at radius 1 is 0.304 bits per heavy atom. The molecule has 0 fully saturated rings. The van der Waals surface area contributed by atoms with Gasteiger partial charge in [-0.05, 0) is 49.3 Å². The normalized spacial score (nSPS) is 11.5. The summed E-state index contributed by atoms with van der Waals surface area (Å²) in [6.07, 6.45) is 3.83. The summed E-state index contributed by atoms with van der Waals surface area (Å²) in [7, 11) is 0. The van der Waals surface area contributed by atoms with Crippen LogP contribution >= 0.6 is 0 Å². The molecule has 0 aliphatic rings. The molecule has 2 heterocycles. The third-order valence-electron chi connectivity index (χ3n) is 8.79. The van der Waals surface area contributed by atoms with Gasteiger partial charge in [-0.3, -0.25) is 4.98 Å². The van der Waals surface area contributed by atoms with Gasteiger partial charge in [-0.2, -0.15) is 0 Å². The lowest BCUT2D eigenvalue weighted by atomic mass is 9.93. The fourth-order valence-corrected chi connectivity index (χ4v) is 6.54. The second-order valence-corrected chi connectivity index (χ2v) is 11.5. The smallest absolute Gasteiger partial charge is 0.164 e. The molecule has 4 nitrogen and oxygen atoms in total. The minimum absolute atomic E-state index is 0.634. The number of aromatic nitrogens is 4. The summed E-state index contributed by atoms with van der Waals surface area (Å²) in [5, 5.41) is 9.66. The second-order valence-electron chi connectivity index (χ2n) is 11.5. The number of rotatable bonds is 4. The highest BCUT2D eigenvalue weighted by Gasteiger charge is 2.15. The Morgan fingerprint density at radius 3 is 1.41 bits per heavy atom. The van der Waals surface area contributed by atoms with Gasteiger partial charge in [0.05, 0.1) is 0 Å². The second kappa shape index (κ2) is 10.7. The first-order chi connectivity index (χ1) is 22.8. The molecular weight excluding hydrogens is 560 g/mol. The van der Waals surface area contributed by atoms with Gasteiger partial charge in [-0.25, -0.2) is 15.0 Å².